The van der Waals surface area contributed by atoms with Crippen LogP contribution in [-0.2, 0) is 6.42 Å². The number of nitrogens with zero attached hydrogens (tertiary/aromatic N) is 1. The summed E-state index contributed by atoms with van der Waals surface area (Å²) >= 11 is 1.89. The van der Waals surface area contributed by atoms with Crippen molar-refractivity contribution in [3.63, 3.8) is 0 Å². The van der Waals surface area contributed by atoms with Crippen LogP contribution >= 0.6 is 11.3 Å². The van der Waals surface area contributed by atoms with Gasteiger partial charge in [0, 0.05) is 33.5 Å². The van der Waals surface area contributed by atoms with Gasteiger partial charge in [-0.25, -0.2) is 0 Å². The van der Waals surface area contributed by atoms with E-state index in [0.717, 1.165) is 12.1 Å². The van der Waals surface area contributed by atoms with E-state index in [2.05, 4.69) is 72.5 Å². The van der Waals surface area contributed by atoms with Gasteiger partial charge in [-0.05, 0) is 55.8 Å². The molecule has 0 saturated heterocycles. The fourth-order valence-electron chi connectivity index (χ4n) is 2.40. The zero-order valence-corrected chi connectivity index (χ0v) is 13.2. The Hall–Kier alpha value is -2.00. The van der Waals surface area contributed by atoms with Gasteiger partial charge in [-0.15, -0.1) is 11.3 Å². The van der Waals surface area contributed by atoms with E-state index in [4.69, 9.17) is 0 Å². The number of aromatic nitrogens is 1. The third-order valence-corrected chi connectivity index (χ3v) is 5.00. The van der Waals surface area contributed by atoms with Crippen molar-refractivity contribution in [1.82, 2.24) is 4.57 Å². The predicted octanol–water partition coefficient (Wildman–Crippen LogP) is 5.27. The Balaban J connectivity index is 1.77. The van der Waals surface area contributed by atoms with E-state index in [-0.39, 0.29) is 0 Å². The molecule has 0 aliphatic rings. The van der Waals surface area contributed by atoms with Crippen molar-refractivity contribution in [3.8, 4) is 5.69 Å². The Labute approximate surface area is 130 Å². The van der Waals surface area contributed by atoms with Crippen molar-refractivity contribution < 1.29 is 0 Å². The van der Waals surface area contributed by atoms with Crippen LogP contribution in [-0.4, -0.2) is 4.57 Å². The molecule has 0 aliphatic carbocycles. The summed E-state index contributed by atoms with van der Waals surface area (Å²) in [4.78, 5) is 2.83. The maximum atomic E-state index is 3.60. The average Bonchev–Trinajstić information content (AvgIpc) is 3.19. The number of anilines is 1. The minimum atomic E-state index is 0.329. The molecule has 0 radical (unpaired) electrons. The molecule has 3 rings (SSSR count). The number of rotatable bonds is 5. The van der Waals surface area contributed by atoms with Gasteiger partial charge in [-0.2, -0.15) is 0 Å². The summed E-state index contributed by atoms with van der Waals surface area (Å²) in [6, 6.07) is 17.4. The Kier molecular flexibility index (Phi) is 4.11. The first-order valence-electron chi connectivity index (χ1n) is 7.35. The van der Waals surface area contributed by atoms with Gasteiger partial charge in [-0.1, -0.05) is 13.0 Å². The van der Waals surface area contributed by atoms with Crippen molar-refractivity contribution >= 4 is 17.0 Å². The zero-order chi connectivity index (χ0) is 14.7. The Bertz CT molecular complexity index is 698. The molecule has 1 atom stereocenters. The van der Waals surface area contributed by atoms with Crippen LogP contribution < -0.4 is 5.32 Å². The van der Waals surface area contributed by atoms with E-state index in [1.165, 1.54) is 15.4 Å². The van der Waals surface area contributed by atoms with Crippen LogP contribution in [0.2, 0.25) is 0 Å². The number of benzene rings is 1. The standard InChI is InChI=1S/C18H20N2S/c1-3-17-9-10-18(21-17)14(2)19-15-7-6-8-16(13-15)20-11-4-5-12-20/h4-14,19H,3H2,1-2H3. The molecule has 2 nitrogen and oxygen atoms in total. The van der Waals surface area contributed by atoms with Crippen LogP contribution in [0.4, 0.5) is 5.69 Å². The third kappa shape index (κ3) is 3.19. The van der Waals surface area contributed by atoms with Gasteiger partial charge in [0.1, 0.15) is 0 Å². The van der Waals surface area contributed by atoms with E-state index < -0.39 is 0 Å². The highest BCUT2D eigenvalue weighted by atomic mass is 32.1. The summed E-state index contributed by atoms with van der Waals surface area (Å²) in [6.07, 6.45) is 5.24. The van der Waals surface area contributed by atoms with Gasteiger partial charge in [0.25, 0.3) is 0 Å². The molecule has 21 heavy (non-hydrogen) atoms. The number of aryl methyl sites for hydroxylation is 1. The normalized spacial score (nSPS) is 12.3. The molecule has 3 aromatic rings. The highest BCUT2D eigenvalue weighted by molar-refractivity contribution is 7.12. The van der Waals surface area contributed by atoms with E-state index >= 15 is 0 Å². The molecular weight excluding hydrogens is 276 g/mol. The van der Waals surface area contributed by atoms with Crippen LogP contribution in [0.1, 0.15) is 29.6 Å². The van der Waals surface area contributed by atoms with Gasteiger partial charge < -0.3 is 9.88 Å². The van der Waals surface area contributed by atoms with Crippen molar-refractivity contribution in [2.45, 2.75) is 26.3 Å². The number of nitrogens with one attached hydrogen (secondary N) is 1. The molecule has 0 saturated carbocycles. The van der Waals surface area contributed by atoms with Crippen LogP contribution in [0.5, 0.6) is 0 Å². The molecule has 2 heterocycles. The summed E-state index contributed by atoms with van der Waals surface area (Å²) in [5.41, 5.74) is 2.33. The van der Waals surface area contributed by atoms with Crippen molar-refractivity contribution in [2.24, 2.45) is 0 Å². The predicted molar refractivity (Wildman–Crippen MR) is 91.5 cm³/mol. The highest BCUT2D eigenvalue weighted by Gasteiger charge is 2.08. The Morgan fingerprint density at radius 3 is 2.62 bits per heavy atom. The molecule has 2 aromatic heterocycles. The Morgan fingerprint density at radius 1 is 1.10 bits per heavy atom. The molecule has 1 unspecified atom stereocenters. The SMILES string of the molecule is CCc1ccc(C(C)Nc2cccc(-n3cccc3)c2)s1. The smallest absolute Gasteiger partial charge is 0.0578 e. The average molecular weight is 296 g/mol. The number of thiophene rings is 1. The van der Waals surface area contributed by atoms with Gasteiger partial charge in [-0.3, -0.25) is 0 Å². The van der Waals surface area contributed by atoms with E-state index in [1.54, 1.807) is 0 Å². The van der Waals surface area contributed by atoms with Crippen molar-refractivity contribution in [3.05, 3.63) is 70.7 Å². The molecule has 1 N–H and O–H groups in total. The zero-order valence-electron chi connectivity index (χ0n) is 12.4. The molecular formula is C18H20N2S. The third-order valence-electron chi connectivity index (χ3n) is 3.59. The minimum absolute atomic E-state index is 0.329. The van der Waals surface area contributed by atoms with Gasteiger partial charge in [0.15, 0.2) is 0 Å². The first kappa shape index (κ1) is 14.0. The summed E-state index contributed by atoms with van der Waals surface area (Å²) in [6.45, 7) is 4.42. The topological polar surface area (TPSA) is 17.0 Å². The summed E-state index contributed by atoms with van der Waals surface area (Å²) in [5, 5.41) is 3.60. The maximum Gasteiger partial charge on any atom is 0.0578 e. The van der Waals surface area contributed by atoms with Crippen LogP contribution in [0.3, 0.4) is 0 Å². The molecule has 1 aromatic carbocycles. The molecule has 0 aliphatic heterocycles. The first-order chi connectivity index (χ1) is 10.3. The van der Waals surface area contributed by atoms with Crippen molar-refractivity contribution in [2.75, 3.05) is 5.32 Å². The van der Waals surface area contributed by atoms with E-state index in [1.807, 2.05) is 23.5 Å². The lowest BCUT2D eigenvalue weighted by atomic mass is 10.2. The summed E-state index contributed by atoms with van der Waals surface area (Å²) < 4.78 is 2.12. The van der Waals surface area contributed by atoms with Gasteiger partial charge in [0.05, 0.1) is 6.04 Å². The summed E-state index contributed by atoms with van der Waals surface area (Å²) in [7, 11) is 0. The first-order valence-corrected chi connectivity index (χ1v) is 8.16. The molecule has 0 bridgehead atoms. The quantitative estimate of drug-likeness (QED) is 0.678. The second-order valence-corrected chi connectivity index (χ2v) is 6.36. The van der Waals surface area contributed by atoms with Crippen molar-refractivity contribution in [1.29, 1.82) is 0 Å². The second kappa shape index (κ2) is 6.19. The molecule has 108 valence electrons. The molecule has 0 amide bonds. The van der Waals surface area contributed by atoms with Crippen LogP contribution in [0.15, 0.2) is 60.9 Å². The largest absolute Gasteiger partial charge is 0.378 e. The lowest BCUT2D eigenvalue weighted by Gasteiger charge is -2.15. The Morgan fingerprint density at radius 2 is 1.90 bits per heavy atom. The molecule has 0 spiro atoms. The highest BCUT2D eigenvalue weighted by Crippen LogP contribution is 2.27. The van der Waals surface area contributed by atoms with Gasteiger partial charge >= 0.3 is 0 Å². The lowest BCUT2D eigenvalue weighted by Crippen LogP contribution is -2.05. The fraction of sp³-hybridized carbons (Fsp3) is 0.222. The fourth-order valence-corrected chi connectivity index (χ4v) is 3.36. The van der Waals surface area contributed by atoms with E-state index in [0.29, 0.717) is 6.04 Å². The molecule has 3 heteroatoms. The van der Waals surface area contributed by atoms with Crippen LogP contribution in [0.25, 0.3) is 5.69 Å². The monoisotopic (exact) mass is 296 g/mol. The molecule has 0 fully saturated rings. The van der Waals surface area contributed by atoms with Crippen LogP contribution in [0, 0.1) is 0 Å². The lowest BCUT2D eigenvalue weighted by molar-refractivity contribution is 0.907. The maximum absolute atomic E-state index is 3.60. The number of hydrogen-bond acceptors (Lipinski definition) is 2. The number of hydrogen-bond donors (Lipinski definition) is 1. The van der Waals surface area contributed by atoms with E-state index in [9.17, 15) is 0 Å². The van der Waals surface area contributed by atoms with Gasteiger partial charge in [0.2, 0.25) is 0 Å². The minimum Gasteiger partial charge on any atom is -0.378 e. The second-order valence-electron chi connectivity index (χ2n) is 5.16. The summed E-state index contributed by atoms with van der Waals surface area (Å²) in [5.74, 6) is 0.